The molecule has 3 aromatic rings. The molecule has 0 amide bonds. The van der Waals surface area contributed by atoms with Crippen molar-refractivity contribution >= 4 is 7.82 Å². The minimum absolute atomic E-state index is 0.0555. The van der Waals surface area contributed by atoms with E-state index in [0.717, 1.165) is 128 Å². The predicted molar refractivity (Wildman–Crippen MR) is 346 cm³/mol. The van der Waals surface area contributed by atoms with Gasteiger partial charge in [-0.1, -0.05) is 174 Å². The van der Waals surface area contributed by atoms with Crippen LogP contribution in [0, 0.1) is 17.8 Å². The van der Waals surface area contributed by atoms with E-state index in [-0.39, 0.29) is 51.8 Å². The fourth-order valence-electron chi connectivity index (χ4n) is 15.9. The quantitative estimate of drug-likeness (QED) is 0.0503. The van der Waals surface area contributed by atoms with Crippen LogP contribution in [0.25, 0.3) is 0 Å². The number of rotatable bonds is 24. The summed E-state index contributed by atoms with van der Waals surface area (Å²) in [6, 6.07) is 13.5. The normalized spacial score (nSPS) is 24.1. The largest absolute Gasteiger partial charge is 0.647 e. The SMILES string of the molecule is CCCCCCC(C)(C)c1cc2c(c(OP(=O)(Oc3cc(C(C)(C)CCCCCC)cc4c3[C@@H]3CC(C)=CC[C@H]3C(C)(C)O4)Oc3cc(C(C)(C)CCCCCC)cc4c3[C@@H]3CC(C)=CC[C@H]3C(C)(C)O4)c1)[C@@H]1CC(C)=CC[C@H]1C(C)(C)O2. The van der Waals surface area contributed by atoms with E-state index in [9.17, 15) is 0 Å². The van der Waals surface area contributed by atoms with E-state index in [2.05, 4.69) is 179 Å². The van der Waals surface area contributed by atoms with Crippen LogP contribution in [0.4, 0.5) is 0 Å². The van der Waals surface area contributed by atoms with Crippen molar-refractivity contribution < 1.29 is 32.3 Å². The van der Waals surface area contributed by atoms with Gasteiger partial charge in [0.05, 0.1) is 0 Å². The van der Waals surface area contributed by atoms with Crippen molar-refractivity contribution in [3.8, 4) is 34.5 Å². The van der Waals surface area contributed by atoms with Crippen LogP contribution in [0.2, 0.25) is 0 Å². The predicted octanol–water partition coefficient (Wildman–Crippen LogP) is 22.9. The Hall–Kier alpha value is -4.09. The third-order valence-electron chi connectivity index (χ3n) is 21.4. The van der Waals surface area contributed by atoms with Gasteiger partial charge < -0.3 is 27.8 Å². The summed E-state index contributed by atoms with van der Waals surface area (Å²) in [6.45, 7) is 41.2. The second-order valence-corrected chi connectivity index (χ2v) is 32.1. The first kappa shape index (κ1) is 63.4. The molecule has 0 bridgehead atoms. The third-order valence-corrected chi connectivity index (χ3v) is 22.7. The van der Waals surface area contributed by atoms with Gasteiger partial charge in [0.2, 0.25) is 0 Å². The van der Waals surface area contributed by atoms with E-state index >= 15 is 4.57 Å². The number of phosphoric ester groups is 1. The first-order valence-electron chi connectivity index (χ1n) is 33.3. The van der Waals surface area contributed by atoms with Gasteiger partial charge >= 0.3 is 7.82 Å². The van der Waals surface area contributed by atoms with Crippen molar-refractivity contribution in [2.24, 2.45) is 17.8 Å². The van der Waals surface area contributed by atoms with Crippen LogP contribution in [0.5, 0.6) is 34.5 Å². The molecule has 458 valence electrons. The number of phosphoric acid groups is 1. The van der Waals surface area contributed by atoms with Gasteiger partial charge in [-0.3, -0.25) is 0 Å². The number of benzene rings is 3. The smallest absolute Gasteiger partial charge is 0.487 e. The lowest BCUT2D eigenvalue weighted by molar-refractivity contribution is 0.00766. The molecular weight excluding hydrogens is 1040 g/mol. The second-order valence-electron chi connectivity index (χ2n) is 30.7. The number of ether oxygens (including phenoxy) is 3. The number of allylic oxidation sites excluding steroid dienone is 6. The first-order chi connectivity index (χ1) is 39.0. The first-order valence-corrected chi connectivity index (χ1v) is 34.8. The lowest BCUT2D eigenvalue weighted by Crippen LogP contribution is -2.45. The van der Waals surface area contributed by atoms with Crippen LogP contribution < -0.4 is 27.8 Å². The van der Waals surface area contributed by atoms with Crippen LogP contribution in [0.1, 0.15) is 311 Å². The molecule has 6 atom stereocenters. The molecule has 3 aromatic carbocycles. The molecule has 0 unspecified atom stereocenters. The standard InChI is InChI=1S/C75H111O7P/c1-19-22-25-28-37-70(7,8)52-43-61-67(55-40-49(4)31-34-58(55)73(13,14)77-61)64(46-52)80-83(76,81-65-47-53(71(9,10)38-29-26-23-20-2)44-62-68(65)56-41-50(5)32-35-59(56)74(15,16)78-62)82-66-48-54(72(11,12)39-30-27-24-21-3)45-63-69(66)57-42-51(6)33-36-60(57)75(17,18)79-63/h31-33,43-48,55-60H,19-30,34-42H2,1-18H3/t55-,56-,57-,58-,59-,60-/m1/s1. The molecule has 83 heavy (non-hydrogen) atoms. The number of hydrogen-bond acceptors (Lipinski definition) is 7. The van der Waals surface area contributed by atoms with Crippen LogP contribution in [-0.4, -0.2) is 16.8 Å². The van der Waals surface area contributed by atoms with E-state index < -0.39 is 24.6 Å². The molecule has 0 radical (unpaired) electrons. The Balaban J connectivity index is 1.31. The van der Waals surface area contributed by atoms with Gasteiger partial charge in [0.15, 0.2) is 0 Å². The van der Waals surface area contributed by atoms with Crippen LogP contribution >= 0.6 is 7.82 Å². The van der Waals surface area contributed by atoms with Crippen molar-refractivity contribution in [1.29, 1.82) is 0 Å². The Morgan fingerprint density at radius 3 is 0.952 bits per heavy atom. The molecule has 0 saturated heterocycles. The average molecular weight is 1160 g/mol. The summed E-state index contributed by atoms with van der Waals surface area (Å²) >= 11 is 0. The summed E-state index contributed by atoms with van der Waals surface area (Å²) < 4.78 is 62.7. The zero-order chi connectivity index (χ0) is 60.1. The monoisotopic (exact) mass is 1150 g/mol. The van der Waals surface area contributed by atoms with E-state index in [1.54, 1.807) is 0 Å². The molecule has 0 saturated carbocycles. The molecule has 0 fully saturated rings. The average Bonchev–Trinajstić information content (AvgIpc) is 1.30. The number of hydrogen-bond donors (Lipinski definition) is 0. The highest BCUT2D eigenvalue weighted by Gasteiger charge is 2.52. The van der Waals surface area contributed by atoms with Gasteiger partial charge in [0.25, 0.3) is 0 Å². The molecule has 7 nitrogen and oxygen atoms in total. The van der Waals surface area contributed by atoms with Crippen LogP contribution in [0.3, 0.4) is 0 Å². The number of fused-ring (bicyclic) bond motifs is 9. The zero-order valence-corrected chi connectivity index (χ0v) is 56.2. The van der Waals surface area contributed by atoms with Crippen LogP contribution in [0.15, 0.2) is 71.3 Å². The van der Waals surface area contributed by atoms with Gasteiger partial charge in [0, 0.05) is 52.2 Å². The zero-order valence-electron chi connectivity index (χ0n) is 55.3. The molecule has 0 aromatic heterocycles. The summed E-state index contributed by atoms with van der Waals surface area (Å²) in [5.74, 6) is 4.70. The van der Waals surface area contributed by atoms with Crippen molar-refractivity contribution in [3.63, 3.8) is 0 Å². The summed E-state index contributed by atoms with van der Waals surface area (Å²) in [5, 5.41) is 0. The van der Waals surface area contributed by atoms with E-state index in [4.69, 9.17) is 27.8 Å². The maximum absolute atomic E-state index is 17.8. The Morgan fingerprint density at radius 1 is 0.434 bits per heavy atom. The highest BCUT2D eigenvalue weighted by Crippen LogP contribution is 2.64. The van der Waals surface area contributed by atoms with Crippen molar-refractivity contribution in [1.82, 2.24) is 0 Å². The number of unbranched alkanes of at least 4 members (excludes halogenated alkanes) is 9. The summed E-state index contributed by atoms with van der Waals surface area (Å²) in [4.78, 5) is 0. The molecule has 0 spiro atoms. The summed E-state index contributed by atoms with van der Waals surface area (Å²) in [6.07, 6.45) is 29.4. The third kappa shape index (κ3) is 13.6. The Kier molecular flexibility index (Phi) is 18.8. The Labute approximate surface area is 504 Å². The second kappa shape index (κ2) is 24.6. The minimum Gasteiger partial charge on any atom is -0.487 e. The Bertz CT molecular complexity index is 2650. The van der Waals surface area contributed by atoms with E-state index in [1.807, 2.05) is 0 Å². The summed E-state index contributed by atoms with van der Waals surface area (Å²) in [7, 11) is -4.83. The van der Waals surface area contributed by atoms with E-state index in [0.29, 0.717) is 17.2 Å². The molecule has 9 rings (SSSR count). The topological polar surface area (TPSA) is 72.5 Å². The highest BCUT2D eigenvalue weighted by atomic mass is 31.2. The van der Waals surface area contributed by atoms with Crippen molar-refractivity contribution in [2.45, 2.75) is 310 Å². The molecule has 3 aliphatic heterocycles. The van der Waals surface area contributed by atoms with Gasteiger partial charge in [-0.15, -0.1) is 0 Å². The van der Waals surface area contributed by atoms with Gasteiger partial charge in [-0.05, 0) is 189 Å². The fourth-order valence-corrected chi connectivity index (χ4v) is 17.2. The lowest BCUT2D eigenvalue weighted by atomic mass is 9.66. The van der Waals surface area contributed by atoms with Crippen LogP contribution in [-0.2, 0) is 20.8 Å². The Morgan fingerprint density at radius 2 is 0.699 bits per heavy atom. The van der Waals surface area contributed by atoms with Gasteiger partial charge in [0.1, 0.15) is 51.3 Å². The summed E-state index contributed by atoms with van der Waals surface area (Å²) in [5.41, 5.74) is 8.14. The molecule has 3 heterocycles. The maximum atomic E-state index is 17.8. The highest BCUT2D eigenvalue weighted by molar-refractivity contribution is 7.49. The fraction of sp³-hybridized carbons (Fsp3) is 0.680. The minimum atomic E-state index is -4.83. The molecule has 6 aliphatic rings. The van der Waals surface area contributed by atoms with Gasteiger partial charge in [-0.2, -0.15) is 4.57 Å². The lowest BCUT2D eigenvalue weighted by Gasteiger charge is -2.48. The van der Waals surface area contributed by atoms with Gasteiger partial charge in [-0.25, -0.2) is 0 Å². The van der Waals surface area contributed by atoms with Crippen molar-refractivity contribution in [3.05, 3.63) is 105 Å². The molecular formula is C75H111O7P. The van der Waals surface area contributed by atoms with E-state index in [1.165, 1.54) is 74.5 Å². The molecule has 8 heteroatoms. The molecule has 0 N–H and O–H groups in total. The van der Waals surface area contributed by atoms with Crippen molar-refractivity contribution in [2.75, 3.05) is 0 Å². The molecule has 3 aliphatic carbocycles. The maximum Gasteiger partial charge on any atom is 0.647 e.